The SMILES string of the molecule is Cc1nccn1Cc1ccc(CNC(=O)c2cccc(CN3CCN(S(=O)(=O)c4ccccc4)CC3)c2)cc1. The van der Waals surface area contributed by atoms with Crippen molar-refractivity contribution >= 4 is 15.9 Å². The smallest absolute Gasteiger partial charge is 0.251 e. The van der Waals surface area contributed by atoms with Crippen LogP contribution in [0.2, 0.25) is 0 Å². The molecule has 8 nitrogen and oxygen atoms in total. The fourth-order valence-electron chi connectivity index (χ4n) is 4.75. The summed E-state index contributed by atoms with van der Waals surface area (Å²) in [4.78, 5) is 19.7. The number of imidazole rings is 1. The van der Waals surface area contributed by atoms with Crippen molar-refractivity contribution < 1.29 is 13.2 Å². The van der Waals surface area contributed by atoms with Gasteiger partial charge in [-0.2, -0.15) is 4.31 Å². The molecule has 4 aromatic rings. The minimum Gasteiger partial charge on any atom is -0.348 e. The number of amides is 1. The lowest BCUT2D eigenvalue weighted by atomic mass is 10.1. The van der Waals surface area contributed by atoms with Gasteiger partial charge in [-0.15, -0.1) is 0 Å². The first-order valence-corrected chi connectivity index (χ1v) is 14.5. The molecule has 1 amide bonds. The second-order valence-corrected chi connectivity index (χ2v) is 11.7. The Morgan fingerprint density at radius 1 is 0.846 bits per heavy atom. The number of sulfonamides is 1. The second kappa shape index (κ2) is 11.9. The number of hydrogen-bond acceptors (Lipinski definition) is 5. The Labute approximate surface area is 230 Å². The molecule has 1 aliphatic rings. The van der Waals surface area contributed by atoms with E-state index in [4.69, 9.17) is 0 Å². The molecule has 2 heterocycles. The van der Waals surface area contributed by atoms with Gasteiger partial charge in [0.25, 0.3) is 5.91 Å². The minimum absolute atomic E-state index is 0.117. The molecule has 39 heavy (non-hydrogen) atoms. The predicted molar refractivity (Wildman–Crippen MR) is 151 cm³/mol. The Balaban J connectivity index is 1.12. The van der Waals surface area contributed by atoms with E-state index in [1.54, 1.807) is 34.8 Å². The maximum absolute atomic E-state index is 12.9. The summed E-state index contributed by atoms with van der Waals surface area (Å²) in [6, 6.07) is 24.4. The number of benzene rings is 3. The lowest BCUT2D eigenvalue weighted by molar-refractivity contribution is 0.0950. The Morgan fingerprint density at radius 3 is 2.26 bits per heavy atom. The molecular formula is C30H33N5O3S. The summed E-state index contributed by atoms with van der Waals surface area (Å²) >= 11 is 0. The highest BCUT2D eigenvalue weighted by Gasteiger charge is 2.28. The van der Waals surface area contributed by atoms with Crippen LogP contribution in [0.4, 0.5) is 0 Å². The molecular weight excluding hydrogens is 510 g/mol. The summed E-state index contributed by atoms with van der Waals surface area (Å²) in [5.74, 6) is 0.862. The molecule has 0 aliphatic carbocycles. The van der Waals surface area contributed by atoms with Gasteiger partial charge in [0, 0.05) is 63.8 Å². The van der Waals surface area contributed by atoms with E-state index in [-0.39, 0.29) is 5.91 Å². The van der Waals surface area contributed by atoms with Gasteiger partial charge in [-0.05, 0) is 47.9 Å². The molecule has 0 bridgehead atoms. The second-order valence-electron chi connectivity index (χ2n) is 9.80. The van der Waals surface area contributed by atoms with Crippen molar-refractivity contribution in [3.05, 3.63) is 119 Å². The quantitative estimate of drug-likeness (QED) is 0.348. The fraction of sp³-hybridized carbons (Fsp3) is 0.267. The van der Waals surface area contributed by atoms with Gasteiger partial charge >= 0.3 is 0 Å². The highest BCUT2D eigenvalue weighted by Crippen LogP contribution is 2.18. The van der Waals surface area contributed by atoms with Crippen LogP contribution in [-0.4, -0.2) is 59.3 Å². The van der Waals surface area contributed by atoms with Crippen LogP contribution in [0.15, 0.2) is 96.2 Å². The van der Waals surface area contributed by atoms with Gasteiger partial charge in [0.1, 0.15) is 5.82 Å². The maximum atomic E-state index is 12.9. The lowest BCUT2D eigenvalue weighted by Gasteiger charge is -2.34. The number of carbonyl (C=O) groups excluding carboxylic acids is 1. The molecule has 1 fully saturated rings. The number of hydrogen-bond donors (Lipinski definition) is 1. The van der Waals surface area contributed by atoms with Crippen molar-refractivity contribution in [1.29, 1.82) is 0 Å². The van der Waals surface area contributed by atoms with Crippen LogP contribution in [0.1, 0.15) is 32.9 Å². The summed E-state index contributed by atoms with van der Waals surface area (Å²) < 4.78 is 29.4. The van der Waals surface area contributed by atoms with E-state index in [1.807, 2.05) is 55.6 Å². The van der Waals surface area contributed by atoms with Crippen LogP contribution >= 0.6 is 0 Å². The monoisotopic (exact) mass is 543 g/mol. The van der Waals surface area contributed by atoms with Crippen LogP contribution in [0.3, 0.4) is 0 Å². The average Bonchev–Trinajstić information content (AvgIpc) is 3.37. The fourth-order valence-corrected chi connectivity index (χ4v) is 6.20. The first kappa shape index (κ1) is 26.8. The molecule has 1 aromatic heterocycles. The van der Waals surface area contributed by atoms with Gasteiger partial charge in [-0.3, -0.25) is 9.69 Å². The van der Waals surface area contributed by atoms with Gasteiger partial charge in [0.15, 0.2) is 0 Å². The molecule has 0 radical (unpaired) electrons. The van der Waals surface area contributed by atoms with Crippen LogP contribution < -0.4 is 5.32 Å². The molecule has 1 N–H and O–H groups in total. The van der Waals surface area contributed by atoms with E-state index < -0.39 is 10.0 Å². The van der Waals surface area contributed by atoms with Gasteiger partial charge in [0.05, 0.1) is 4.90 Å². The Morgan fingerprint density at radius 2 is 1.56 bits per heavy atom. The predicted octanol–water partition coefficient (Wildman–Crippen LogP) is 3.68. The highest BCUT2D eigenvalue weighted by molar-refractivity contribution is 7.89. The standard InChI is InChI=1S/C30H33N5O3S/c1-24-31-14-15-34(24)23-26-12-10-25(11-13-26)21-32-30(36)28-7-5-6-27(20-28)22-33-16-18-35(19-17-33)39(37,38)29-8-3-2-4-9-29/h2-15,20H,16-19,21-23H2,1H3,(H,32,36). The largest absolute Gasteiger partial charge is 0.348 e. The van der Waals surface area contributed by atoms with E-state index in [1.165, 1.54) is 5.56 Å². The van der Waals surface area contributed by atoms with Crippen LogP contribution in [0.25, 0.3) is 0 Å². The van der Waals surface area contributed by atoms with E-state index in [2.05, 4.69) is 31.9 Å². The molecule has 9 heteroatoms. The summed E-state index contributed by atoms with van der Waals surface area (Å²) in [6.45, 7) is 6.03. The summed E-state index contributed by atoms with van der Waals surface area (Å²) in [5.41, 5.74) is 3.86. The Kier molecular flexibility index (Phi) is 8.21. The molecule has 0 saturated carbocycles. The van der Waals surface area contributed by atoms with Crippen LogP contribution in [0.5, 0.6) is 0 Å². The summed E-state index contributed by atoms with van der Waals surface area (Å²) in [5, 5.41) is 3.02. The number of aryl methyl sites for hydroxylation is 1. The zero-order valence-electron chi connectivity index (χ0n) is 22.0. The zero-order valence-corrected chi connectivity index (χ0v) is 22.8. The first-order valence-electron chi connectivity index (χ1n) is 13.1. The highest BCUT2D eigenvalue weighted by atomic mass is 32.2. The third-order valence-corrected chi connectivity index (χ3v) is 8.97. The molecule has 1 aliphatic heterocycles. The summed E-state index contributed by atoms with van der Waals surface area (Å²) in [7, 11) is -3.47. The van der Waals surface area contributed by atoms with Gasteiger partial charge in [-0.25, -0.2) is 13.4 Å². The van der Waals surface area contributed by atoms with Gasteiger partial charge in [0.2, 0.25) is 10.0 Å². The Bertz CT molecular complexity index is 1510. The van der Waals surface area contributed by atoms with Crippen molar-refractivity contribution in [2.45, 2.75) is 31.5 Å². The number of carbonyl (C=O) groups is 1. The number of aromatic nitrogens is 2. The molecule has 0 atom stereocenters. The van der Waals surface area contributed by atoms with Crippen molar-refractivity contribution in [3.63, 3.8) is 0 Å². The van der Waals surface area contributed by atoms with Crippen molar-refractivity contribution in [2.75, 3.05) is 26.2 Å². The maximum Gasteiger partial charge on any atom is 0.251 e. The lowest BCUT2D eigenvalue weighted by Crippen LogP contribution is -2.48. The van der Waals surface area contributed by atoms with Gasteiger partial charge in [-0.1, -0.05) is 54.6 Å². The number of rotatable bonds is 9. The van der Waals surface area contributed by atoms with E-state index in [0.717, 1.165) is 23.5 Å². The minimum atomic E-state index is -3.47. The third-order valence-electron chi connectivity index (χ3n) is 7.06. The van der Waals surface area contributed by atoms with Crippen molar-refractivity contribution in [2.24, 2.45) is 0 Å². The summed E-state index contributed by atoms with van der Waals surface area (Å²) in [6.07, 6.45) is 3.77. The normalized spacial score (nSPS) is 14.8. The van der Waals surface area contributed by atoms with Crippen molar-refractivity contribution in [1.82, 2.24) is 24.1 Å². The first-order chi connectivity index (χ1) is 18.9. The topological polar surface area (TPSA) is 87.5 Å². The van der Waals surface area contributed by atoms with E-state index in [9.17, 15) is 13.2 Å². The zero-order chi connectivity index (χ0) is 27.2. The molecule has 0 spiro atoms. The third kappa shape index (κ3) is 6.62. The molecule has 5 rings (SSSR count). The van der Waals surface area contributed by atoms with E-state index in [0.29, 0.717) is 49.7 Å². The van der Waals surface area contributed by atoms with E-state index >= 15 is 0 Å². The van der Waals surface area contributed by atoms with Crippen molar-refractivity contribution in [3.8, 4) is 0 Å². The molecule has 0 unspecified atom stereocenters. The van der Waals surface area contributed by atoms with Crippen LogP contribution in [0, 0.1) is 6.92 Å². The number of nitrogens with one attached hydrogen (secondary N) is 1. The average molecular weight is 544 g/mol. The van der Waals surface area contributed by atoms with Gasteiger partial charge < -0.3 is 9.88 Å². The number of nitrogens with zero attached hydrogens (tertiary/aromatic N) is 4. The van der Waals surface area contributed by atoms with Crippen LogP contribution in [-0.2, 0) is 29.7 Å². The molecule has 1 saturated heterocycles. The molecule has 202 valence electrons. The number of piperazine rings is 1. The Hall–Kier alpha value is -3.79. The molecule has 3 aromatic carbocycles.